The first kappa shape index (κ1) is 21.8. The second-order valence-corrected chi connectivity index (χ2v) is 7.73. The minimum absolute atomic E-state index is 0.0804. The highest BCUT2D eigenvalue weighted by Crippen LogP contribution is 2.32. The van der Waals surface area contributed by atoms with Crippen LogP contribution in [0.15, 0.2) is 48.2 Å². The molecule has 2 aromatic rings. The Labute approximate surface area is 179 Å². The fraction of sp³-hybridized carbons (Fsp3) is 0.304. The van der Waals surface area contributed by atoms with Gasteiger partial charge in [0.05, 0.1) is 5.02 Å². The summed E-state index contributed by atoms with van der Waals surface area (Å²) in [6.45, 7) is 0. The van der Waals surface area contributed by atoms with Crippen molar-refractivity contribution in [3.05, 3.63) is 64.6 Å². The third-order valence-corrected chi connectivity index (χ3v) is 5.39. The predicted octanol–water partition coefficient (Wildman–Crippen LogP) is 5.78. The Balaban J connectivity index is 1.63. The summed E-state index contributed by atoms with van der Waals surface area (Å²) < 4.78 is 19.3. The highest BCUT2D eigenvalue weighted by Gasteiger charge is 2.18. The molecule has 0 spiro atoms. The first-order valence-corrected chi connectivity index (χ1v) is 10.3. The molecule has 7 heteroatoms. The van der Waals surface area contributed by atoms with E-state index in [4.69, 9.17) is 16.3 Å². The number of carbonyl (C=O) groups is 2. The van der Waals surface area contributed by atoms with Crippen LogP contribution in [0, 0.1) is 11.7 Å². The highest BCUT2D eigenvalue weighted by atomic mass is 35.5. The van der Waals surface area contributed by atoms with E-state index in [0.717, 1.165) is 19.3 Å². The van der Waals surface area contributed by atoms with Crippen LogP contribution in [0.5, 0.6) is 11.5 Å². The van der Waals surface area contributed by atoms with Crippen molar-refractivity contribution in [2.24, 2.45) is 5.92 Å². The van der Waals surface area contributed by atoms with E-state index in [-0.39, 0.29) is 22.4 Å². The van der Waals surface area contributed by atoms with E-state index in [9.17, 15) is 19.1 Å². The molecule has 0 radical (unpaired) electrons. The second kappa shape index (κ2) is 10.3. The molecule has 1 fully saturated rings. The average molecular weight is 432 g/mol. The topological polar surface area (TPSA) is 75.6 Å². The van der Waals surface area contributed by atoms with Crippen molar-refractivity contribution in [2.75, 3.05) is 0 Å². The standard InChI is InChI=1S/C23H23ClFNO4/c24-18-6-3-7-19(25)22(18)30-17-11-8-16(9-12-17)14-20(23(28)29)26-21(27)13-10-15-4-1-2-5-15/h3,6-9,11-12,14-15H,1-2,4-5,10,13H2,(H,26,27)(H,28,29)/b20-14-. The van der Waals surface area contributed by atoms with E-state index >= 15 is 0 Å². The van der Waals surface area contributed by atoms with E-state index in [1.165, 1.54) is 37.1 Å². The van der Waals surface area contributed by atoms with Crippen molar-refractivity contribution in [1.82, 2.24) is 5.32 Å². The van der Waals surface area contributed by atoms with Gasteiger partial charge in [0.15, 0.2) is 11.6 Å². The number of hydrogen-bond acceptors (Lipinski definition) is 3. The molecule has 0 aromatic heterocycles. The summed E-state index contributed by atoms with van der Waals surface area (Å²) in [7, 11) is 0. The molecule has 1 aliphatic carbocycles. The van der Waals surface area contributed by atoms with Crippen molar-refractivity contribution in [2.45, 2.75) is 38.5 Å². The maximum Gasteiger partial charge on any atom is 0.352 e. The minimum Gasteiger partial charge on any atom is -0.477 e. The monoisotopic (exact) mass is 431 g/mol. The number of hydrogen-bond donors (Lipinski definition) is 2. The Morgan fingerprint density at radius 2 is 1.87 bits per heavy atom. The molecule has 0 bridgehead atoms. The van der Waals surface area contributed by atoms with Crippen LogP contribution >= 0.6 is 11.6 Å². The number of amides is 1. The molecule has 0 aliphatic heterocycles. The number of nitrogens with one attached hydrogen (secondary N) is 1. The fourth-order valence-electron chi connectivity index (χ4n) is 3.49. The first-order valence-electron chi connectivity index (χ1n) is 9.89. The number of benzene rings is 2. The van der Waals surface area contributed by atoms with Gasteiger partial charge < -0.3 is 15.2 Å². The summed E-state index contributed by atoms with van der Waals surface area (Å²) >= 11 is 5.95. The fourth-order valence-corrected chi connectivity index (χ4v) is 3.70. The summed E-state index contributed by atoms with van der Waals surface area (Å²) in [4.78, 5) is 23.7. The zero-order chi connectivity index (χ0) is 21.5. The van der Waals surface area contributed by atoms with Crippen LogP contribution in [0.4, 0.5) is 4.39 Å². The average Bonchev–Trinajstić information content (AvgIpc) is 3.23. The molecule has 1 saturated carbocycles. The summed E-state index contributed by atoms with van der Waals surface area (Å²) in [5.41, 5.74) is 0.354. The third-order valence-electron chi connectivity index (χ3n) is 5.09. The van der Waals surface area contributed by atoms with Crippen LogP contribution in [0.3, 0.4) is 0 Å². The molecule has 3 rings (SSSR count). The van der Waals surface area contributed by atoms with Gasteiger partial charge in [-0.15, -0.1) is 0 Å². The normalized spacial score (nSPS) is 14.5. The van der Waals surface area contributed by atoms with Crippen LogP contribution in [-0.4, -0.2) is 17.0 Å². The van der Waals surface area contributed by atoms with Gasteiger partial charge in [0.25, 0.3) is 0 Å². The Morgan fingerprint density at radius 3 is 2.50 bits per heavy atom. The maximum absolute atomic E-state index is 13.8. The summed E-state index contributed by atoms with van der Waals surface area (Å²) in [5.74, 6) is -1.28. The van der Waals surface area contributed by atoms with E-state index in [1.807, 2.05) is 0 Å². The summed E-state index contributed by atoms with van der Waals surface area (Å²) in [6.07, 6.45) is 7.15. The van der Waals surface area contributed by atoms with Crippen LogP contribution in [-0.2, 0) is 9.59 Å². The van der Waals surface area contributed by atoms with Crippen molar-refractivity contribution >= 4 is 29.6 Å². The molecule has 158 valence electrons. The largest absolute Gasteiger partial charge is 0.477 e. The number of carbonyl (C=O) groups excluding carboxylic acids is 1. The molecule has 30 heavy (non-hydrogen) atoms. The van der Waals surface area contributed by atoms with Crippen molar-refractivity contribution in [3.8, 4) is 11.5 Å². The molecule has 0 heterocycles. The van der Waals surface area contributed by atoms with Gasteiger partial charge in [0.1, 0.15) is 11.4 Å². The molecule has 0 unspecified atom stereocenters. The van der Waals surface area contributed by atoms with Crippen LogP contribution in [0.25, 0.3) is 6.08 Å². The molecule has 5 nitrogen and oxygen atoms in total. The number of aliphatic carboxylic acids is 1. The lowest BCUT2D eigenvalue weighted by atomic mass is 10.0. The van der Waals surface area contributed by atoms with E-state index in [0.29, 0.717) is 23.7 Å². The van der Waals surface area contributed by atoms with Gasteiger partial charge in [0, 0.05) is 6.42 Å². The smallest absolute Gasteiger partial charge is 0.352 e. The maximum atomic E-state index is 13.8. The Morgan fingerprint density at radius 1 is 1.17 bits per heavy atom. The Bertz CT molecular complexity index is 916. The van der Waals surface area contributed by atoms with E-state index < -0.39 is 11.8 Å². The van der Waals surface area contributed by atoms with Crippen molar-refractivity contribution in [1.29, 1.82) is 0 Å². The number of rotatable bonds is 8. The molecule has 1 aliphatic rings. The van der Waals surface area contributed by atoms with Crippen molar-refractivity contribution in [3.63, 3.8) is 0 Å². The van der Waals surface area contributed by atoms with Crippen LogP contribution < -0.4 is 10.1 Å². The van der Waals surface area contributed by atoms with Gasteiger partial charge in [0.2, 0.25) is 5.91 Å². The van der Waals surface area contributed by atoms with Crippen LogP contribution in [0.1, 0.15) is 44.1 Å². The zero-order valence-electron chi connectivity index (χ0n) is 16.4. The third kappa shape index (κ3) is 6.07. The number of ether oxygens (including phenoxy) is 1. The molecule has 1 amide bonds. The SMILES string of the molecule is O=C(CCC1CCCC1)N/C(=C\c1ccc(Oc2c(F)cccc2Cl)cc1)C(=O)O. The van der Waals surface area contributed by atoms with Gasteiger partial charge in [-0.25, -0.2) is 9.18 Å². The van der Waals surface area contributed by atoms with Gasteiger partial charge in [-0.1, -0.05) is 55.5 Å². The lowest BCUT2D eigenvalue weighted by Gasteiger charge is -2.10. The minimum atomic E-state index is -1.22. The second-order valence-electron chi connectivity index (χ2n) is 7.32. The number of para-hydroxylation sites is 1. The lowest BCUT2D eigenvalue weighted by Crippen LogP contribution is -2.27. The number of carboxylic acid groups (broad SMARTS) is 1. The number of carboxylic acids is 1. The molecular weight excluding hydrogens is 409 g/mol. The zero-order valence-corrected chi connectivity index (χ0v) is 17.1. The molecule has 2 N–H and O–H groups in total. The Kier molecular flexibility index (Phi) is 7.46. The first-order chi connectivity index (χ1) is 14.4. The van der Waals surface area contributed by atoms with E-state index in [1.54, 1.807) is 24.3 Å². The molecular formula is C23H23ClFNO4. The summed E-state index contributed by atoms with van der Waals surface area (Å²) in [5, 5.41) is 12.0. The van der Waals surface area contributed by atoms with E-state index in [2.05, 4.69) is 5.32 Å². The Hall–Kier alpha value is -2.86. The van der Waals surface area contributed by atoms with Gasteiger partial charge in [-0.05, 0) is 48.2 Å². The highest BCUT2D eigenvalue weighted by molar-refractivity contribution is 6.32. The molecule has 2 aromatic carbocycles. The van der Waals surface area contributed by atoms with Gasteiger partial charge in [-0.2, -0.15) is 0 Å². The van der Waals surface area contributed by atoms with Crippen molar-refractivity contribution < 1.29 is 23.8 Å². The molecule has 0 saturated heterocycles. The molecule has 0 atom stereocenters. The lowest BCUT2D eigenvalue weighted by molar-refractivity contribution is -0.134. The van der Waals surface area contributed by atoms with Gasteiger partial charge in [-0.3, -0.25) is 4.79 Å². The predicted molar refractivity (Wildman–Crippen MR) is 113 cm³/mol. The van der Waals surface area contributed by atoms with Crippen LogP contribution in [0.2, 0.25) is 5.02 Å². The summed E-state index contributed by atoms with van der Waals surface area (Å²) in [6, 6.07) is 10.6. The quantitative estimate of drug-likeness (QED) is 0.519. The van der Waals surface area contributed by atoms with Gasteiger partial charge >= 0.3 is 5.97 Å². The number of halogens is 2.